The van der Waals surface area contributed by atoms with Crippen LogP contribution in [-0.4, -0.2) is 4.98 Å². The highest BCUT2D eigenvalue weighted by molar-refractivity contribution is 5.99. The van der Waals surface area contributed by atoms with Crippen LogP contribution >= 0.6 is 0 Å². The van der Waals surface area contributed by atoms with Gasteiger partial charge in [-0.05, 0) is 58.5 Å². The van der Waals surface area contributed by atoms with Crippen molar-refractivity contribution in [1.29, 1.82) is 0 Å². The molecular formula is C28H22F3N. The molecule has 4 heteroatoms. The van der Waals surface area contributed by atoms with Crippen molar-refractivity contribution in [1.82, 2.24) is 4.98 Å². The van der Waals surface area contributed by atoms with Gasteiger partial charge in [-0.1, -0.05) is 78.9 Å². The molecule has 160 valence electrons. The number of hydrogen-bond acceptors (Lipinski definition) is 1. The van der Waals surface area contributed by atoms with Crippen LogP contribution in [0.2, 0.25) is 0 Å². The summed E-state index contributed by atoms with van der Waals surface area (Å²) >= 11 is 0. The van der Waals surface area contributed by atoms with Crippen molar-refractivity contribution < 1.29 is 13.2 Å². The summed E-state index contributed by atoms with van der Waals surface area (Å²) in [6.07, 6.45) is -2.29. The second-order valence-electron chi connectivity index (χ2n) is 7.61. The van der Waals surface area contributed by atoms with Gasteiger partial charge in [-0.3, -0.25) is 4.98 Å². The van der Waals surface area contributed by atoms with E-state index in [1.165, 1.54) is 12.1 Å². The Kier molecular flexibility index (Phi) is 6.22. The fourth-order valence-corrected chi connectivity index (χ4v) is 3.81. The first kappa shape index (κ1) is 21.6. The number of benzene rings is 3. The van der Waals surface area contributed by atoms with Gasteiger partial charge < -0.3 is 0 Å². The van der Waals surface area contributed by atoms with Crippen LogP contribution in [0.15, 0.2) is 103 Å². The molecule has 1 heterocycles. The minimum Gasteiger partial charge on any atom is -0.261 e. The van der Waals surface area contributed by atoms with Gasteiger partial charge in [-0.2, -0.15) is 13.2 Å². The molecule has 0 N–H and O–H groups in total. The van der Waals surface area contributed by atoms with Gasteiger partial charge in [-0.25, -0.2) is 0 Å². The first-order chi connectivity index (χ1) is 15.4. The average molecular weight is 429 g/mol. The molecule has 1 aromatic heterocycles. The van der Waals surface area contributed by atoms with Crippen LogP contribution in [0.4, 0.5) is 13.2 Å². The van der Waals surface area contributed by atoms with E-state index >= 15 is 0 Å². The van der Waals surface area contributed by atoms with Gasteiger partial charge in [-0.15, -0.1) is 0 Å². The molecule has 0 fully saturated rings. The number of aryl methyl sites for hydroxylation is 1. The molecule has 3 aromatic carbocycles. The lowest BCUT2D eigenvalue weighted by Gasteiger charge is -2.19. The highest BCUT2D eigenvalue weighted by atomic mass is 19.4. The van der Waals surface area contributed by atoms with Crippen molar-refractivity contribution in [3.63, 3.8) is 0 Å². The topological polar surface area (TPSA) is 12.9 Å². The molecule has 0 aliphatic rings. The minimum atomic E-state index is -4.41. The summed E-state index contributed by atoms with van der Waals surface area (Å²) in [5, 5.41) is 0. The third-order valence-corrected chi connectivity index (χ3v) is 5.43. The Morgan fingerprint density at radius 3 is 1.88 bits per heavy atom. The van der Waals surface area contributed by atoms with Crippen LogP contribution < -0.4 is 0 Å². The van der Waals surface area contributed by atoms with Crippen molar-refractivity contribution in [3.8, 4) is 0 Å². The van der Waals surface area contributed by atoms with Crippen LogP contribution in [0.5, 0.6) is 0 Å². The number of aromatic nitrogens is 1. The fraction of sp³-hybridized carbons (Fsp3) is 0.107. The molecule has 32 heavy (non-hydrogen) atoms. The quantitative estimate of drug-likeness (QED) is 0.298. The summed E-state index contributed by atoms with van der Waals surface area (Å²) in [6.45, 7) is 1.97. The standard InChI is InChI=1S/C28H22F3N/c1-20-10-9-17-32-26(20)19-25(23-15-8-16-24(18-23)28(29,30)31)27(21-11-4-2-5-12-21)22-13-6-3-7-14-22/h2-18H,19H2,1H3. The summed E-state index contributed by atoms with van der Waals surface area (Å²) in [6, 6.07) is 29.0. The van der Waals surface area contributed by atoms with Gasteiger partial charge in [0.2, 0.25) is 0 Å². The maximum Gasteiger partial charge on any atom is 0.416 e. The lowest BCUT2D eigenvalue weighted by Crippen LogP contribution is -2.07. The van der Waals surface area contributed by atoms with Crippen LogP contribution in [0.1, 0.15) is 33.5 Å². The summed E-state index contributed by atoms with van der Waals surface area (Å²) in [5.74, 6) is 0. The van der Waals surface area contributed by atoms with Crippen LogP contribution in [0.25, 0.3) is 11.1 Å². The number of pyridine rings is 1. The van der Waals surface area contributed by atoms with E-state index in [4.69, 9.17) is 0 Å². The van der Waals surface area contributed by atoms with Crippen LogP contribution in [-0.2, 0) is 12.6 Å². The maximum absolute atomic E-state index is 13.5. The van der Waals surface area contributed by atoms with Gasteiger partial charge >= 0.3 is 6.18 Å². The van der Waals surface area contributed by atoms with Crippen molar-refractivity contribution >= 4 is 11.1 Å². The molecule has 0 saturated heterocycles. The third kappa shape index (κ3) is 4.80. The lowest BCUT2D eigenvalue weighted by atomic mass is 9.86. The highest BCUT2D eigenvalue weighted by Crippen LogP contribution is 2.37. The van der Waals surface area contributed by atoms with E-state index < -0.39 is 11.7 Å². The third-order valence-electron chi connectivity index (χ3n) is 5.43. The average Bonchev–Trinajstić information content (AvgIpc) is 2.81. The monoisotopic (exact) mass is 429 g/mol. The van der Waals surface area contributed by atoms with E-state index in [9.17, 15) is 13.2 Å². The molecule has 0 aliphatic carbocycles. The first-order valence-corrected chi connectivity index (χ1v) is 10.4. The zero-order chi connectivity index (χ0) is 22.6. The second-order valence-corrected chi connectivity index (χ2v) is 7.61. The molecule has 0 radical (unpaired) electrons. The lowest BCUT2D eigenvalue weighted by molar-refractivity contribution is -0.137. The van der Waals surface area contributed by atoms with E-state index in [2.05, 4.69) is 4.98 Å². The Morgan fingerprint density at radius 1 is 0.719 bits per heavy atom. The molecule has 0 atom stereocenters. The Morgan fingerprint density at radius 2 is 1.31 bits per heavy atom. The van der Waals surface area contributed by atoms with Gasteiger partial charge in [0.05, 0.1) is 5.56 Å². The number of hydrogen-bond donors (Lipinski definition) is 0. The Labute approximate surface area is 185 Å². The van der Waals surface area contributed by atoms with E-state index in [-0.39, 0.29) is 0 Å². The molecular weight excluding hydrogens is 407 g/mol. The van der Waals surface area contributed by atoms with Gasteiger partial charge in [0.15, 0.2) is 0 Å². The van der Waals surface area contributed by atoms with Crippen molar-refractivity contribution in [2.45, 2.75) is 19.5 Å². The molecule has 1 nitrogen and oxygen atoms in total. The highest BCUT2D eigenvalue weighted by Gasteiger charge is 2.31. The zero-order valence-electron chi connectivity index (χ0n) is 17.6. The normalized spacial score (nSPS) is 11.2. The Bertz CT molecular complexity index is 1180. The minimum absolute atomic E-state index is 0.410. The number of rotatable bonds is 5. The summed E-state index contributed by atoms with van der Waals surface area (Å²) in [7, 11) is 0. The largest absolute Gasteiger partial charge is 0.416 e. The summed E-state index contributed by atoms with van der Waals surface area (Å²) < 4.78 is 40.6. The molecule has 0 amide bonds. The molecule has 0 bridgehead atoms. The molecule has 0 saturated carbocycles. The number of nitrogens with zero attached hydrogens (tertiary/aromatic N) is 1. The number of alkyl halides is 3. The molecule has 0 spiro atoms. The van der Waals surface area contributed by atoms with E-state index in [0.29, 0.717) is 12.0 Å². The SMILES string of the molecule is Cc1cccnc1CC(=C(c1ccccc1)c1ccccc1)c1cccc(C(F)(F)F)c1. The van der Waals surface area contributed by atoms with E-state index in [0.717, 1.165) is 39.6 Å². The zero-order valence-corrected chi connectivity index (χ0v) is 17.6. The van der Waals surface area contributed by atoms with Crippen molar-refractivity contribution in [2.24, 2.45) is 0 Å². The molecule has 0 aliphatic heterocycles. The Balaban J connectivity index is 2.02. The van der Waals surface area contributed by atoms with E-state index in [1.807, 2.05) is 79.7 Å². The van der Waals surface area contributed by atoms with Crippen LogP contribution in [0, 0.1) is 6.92 Å². The van der Waals surface area contributed by atoms with Crippen LogP contribution in [0.3, 0.4) is 0 Å². The second kappa shape index (κ2) is 9.23. The molecule has 4 aromatic rings. The number of allylic oxidation sites excluding steroid dienone is 1. The summed E-state index contributed by atoms with van der Waals surface area (Å²) in [5.41, 5.74) is 5.30. The maximum atomic E-state index is 13.5. The number of halogens is 3. The Hall–Kier alpha value is -3.66. The van der Waals surface area contributed by atoms with Gasteiger partial charge in [0.1, 0.15) is 0 Å². The van der Waals surface area contributed by atoms with E-state index in [1.54, 1.807) is 12.3 Å². The molecule has 4 rings (SSSR count). The predicted molar refractivity (Wildman–Crippen MR) is 123 cm³/mol. The van der Waals surface area contributed by atoms with Crippen molar-refractivity contribution in [3.05, 3.63) is 137 Å². The summed E-state index contributed by atoms with van der Waals surface area (Å²) in [4.78, 5) is 4.53. The van der Waals surface area contributed by atoms with Crippen molar-refractivity contribution in [2.75, 3.05) is 0 Å². The smallest absolute Gasteiger partial charge is 0.261 e. The predicted octanol–water partition coefficient (Wildman–Crippen LogP) is 7.61. The fourth-order valence-electron chi connectivity index (χ4n) is 3.81. The van der Waals surface area contributed by atoms with Gasteiger partial charge in [0, 0.05) is 18.3 Å². The molecule has 0 unspecified atom stereocenters. The first-order valence-electron chi connectivity index (χ1n) is 10.4. The van der Waals surface area contributed by atoms with Gasteiger partial charge in [0.25, 0.3) is 0 Å².